The Bertz CT molecular complexity index is 1320. The molecule has 3 unspecified atom stereocenters. The summed E-state index contributed by atoms with van der Waals surface area (Å²) in [5.74, 6) is -1.80. The number of nitrogens with one attached hydrogen (secondary N) is 1. The third kappa shape index (κ3) is 5.70. The molecular formula is C29H27N3O6S. The molecule has 1 aliphatic rings. The van der Waals surface area contributed by atoms with Crippen molar-refractivity contribution in [2.45, 2.75) is 37.1 Å². The van der Waals surface area contributed by atoms with Crippen molar-refractivity contribution < 1.29 is 23.9 Å². The lowest BCUT2D eigenvalue weighted by molar-refractivity contribution is -0.191. The minimum absolute atomic E-state index is 0.276. The SMILES string of the molecule is C=C(C)C(C(=O)OC(c1ccccc1)c1ccccc1)N1C(=O)C(NC(C)=O)(Oc2ccccc2)C1SN=O. The van der Waals surface area contributed by atoms with Crippen LogP contribution in [0, 0.1) is 4.91 Å². The fourth-order valence-corrected chi connectivity index (χ4v) is 5.20. The van der Waals surface area contributed by atoms with E-state index in [1.165, 1.54) is 6.92 Å². The Morgan fingerprint density at radius 2 is 1.46 bits per heavy atom. The Labute approximate surface area is 230 Å². The summed E-state index contributed by atoms with van der Waals surface area (Å²) in [6.45, 7) is 6.71. The van der Waals surface area contributed by atoms with Gasteiger partial charge < -0.3 is 14.8 Å². The third-order valence-electron chi connectivity index (χ3n) is 6.09. The van der Waals surface area contributed by atoms with E-state index in [-0.39, 0.29) is 5.75 Å². The van der Waals surface area contributed by atoms with Crippen LogP contribution in [0.3, 0.4) is 0 Å². The van der Waals surface area contributed by atoms with Crippen molar-refractivity contribution in [2.24, 2.45) is 4.58 Å². The molecule has 1 saturated heterocycles. The Kier molecular flexibility index (Phi) is 8.46. The average molecular weight is 546 g/mol. The monoisotopic (exact) mass is 545 g/mol. The van der Waals surface area contributed by atoms with Gasteiger partial charge in [-0.3, -0.25) is 14.5 Å². The molecule has 3 aromatic carbocycles. The first-order valence-corrected chi connectivity index (χ1v) is 12.9. The zero-order valence-electron chi connectivity index (χ0n) is 21.4. The van der Waals surface area contributed by atoms with E-state index in [1.807, 2.05) is 60.7 Å². The van der Waals surface area contributed by atoms with Crippen LogP contribution in [0.15, 0.2) is 108 Å². The van der Waals surface area contributed by atoms with Gasteiger partial charge >= 0.3 is 5.97 Å². The number of carbonyl (C=O) groups excluding carboxylic acids is 3. The quantitative estimate of drug-likeness (QED) is 0.0923. The van der Waals surface area contributed by atoms with Gasteiger partial charge in [-0.05, 0) is 35.8 Å². The fraction of sp³-hybridized carbons (Fsp3) is 0.207. The van der Waals surface area contributed by atoms with Gasteiger partial charge in [-0.25, -0.2) is 4.79 Å². The molecule has 3 atom stereocenters. The van der Waals surface area contributed by atoms with Crippen molar-refractivity contribution in [2.75, 3.05) is 0 Å². The molecule has 0 spiro atoms. The van der Waals surface area contributed by atoms with Crippen LogP contribution >= 0.6 is 11.9 Å². The second kappa shape index (κ2) is 12.0. The van der Waals surface area contributed by atoms with Gasteiger partial charge in [-0.2, -0.15) is 0 Å². The number of amides is 2. The first-order chi connectivity index (χ1) is 18.8. The summed E-state index contributed by atoms with van der Waals surface area (Å²) >= 11 is 0.459. The number of hydrogen-bond donors (Lipinski definition) is 1. The number of esters is 1. The lowest BCUT2D eigenvalue weighted by Crippen LogP contribution is -2.83. The molecule has 0 aromatic heterocycles. The molecule has 0 aliphatic carbocycles. The standard InChI is InChI=1S/C29H27N3O6S/c1-19(2)24(26(34)37-25(21-13-7-4-8-14-21)22-15-9-5-10-16-22)32-27(35)29(30-20(3)33,28(32)39-31-36)38-23-17-11-6-12-18-23/h4-18,24-25,28H,1H2,2-3H3,(H,30,33). The molecule has 0 saturated carbocycles. The maximum Gasteiger partial charge on any atom is 0.334 e. The summed E-state index contributed by atoms with van der Waals surface area (Å²) in [7, 11) is 0. The first-order valence-electron chi connectivity index (χ1n) is 12.1. The van der Waals surface area contributed by atoms with E-state index < -0.39 is 41.0 Å². The Hall–Kier alpha value is -4.44. The number of hydrogen-bond acceptors (Lipinski definition) is 8. The minimum atomic E-state index is -1.97. The molecule has 0 bridgehead atoms. The number of likely N-dealkylation sites (tertiary alicyclic amines) is 1. The zero-order valence-corrected chi connectivity index (χ0v) is 22.2. The van der Waals surface area contributed by atoms with Gasteiger partial charge in [0.15, 0.2) is 17.5 Å². The summed E-state index contributed by atoms with van der Waals surface area (Å²) in [6.07, 6.45) is -0.769. The van der Waals surface area contributed by atoms with Crippen LogP contribution in [-0.2, 0) is 19.1 Å². The van der Waals surface area contributed by atoms with Gasteiger partial charge in [-0.15, -0.1) is 4.91 Å². The molecule has 2 amide bonds. The van der Waals surface area contributed by atoms with Crippen LogP contribution in [0.1, 0.15) is 31.1 Å². The zero-order chi connectivity index (χ0) is 28.0. The van der Waals surface area contributed by atoms with Gasteiger partial charge in [0.2, 0.25) is 5.91 Å². The first kappa shape index (κ1) is 27.6. The van der Waals surface area contributed by atoms with Gasteiger partial charge in [0.1, 0.15) is 5.75 Å². The van der Waals surface area contributed by atoms with E-state index in [0.717, 1.165) is 16.0 Å². The Morgan fingerprint density at radius 1 is 0.949 bits per heavy atom. The van der Waals surface area contributed by atoms with Crippen LogP contribution in [0.25, 0.3) is 0 Å². The van der Waals surface area contributed by atoms with E-state index in [1.54, 1.807) is 37.3 Å². The highest BCUT2D eigenvalue weighted by Crippen LogP contribution is 2.44. The van der Waals surface area contributed by atoms with Crippen molar-refractivity contribution in [3.63, 3.8) is 0 Å². The van der Waals surface area contributed by atoms with E-state index in [2.05, 4.69) is 16.5 Å². The van der Waals surface area contributed by atoms with Crippen molar-refractivity contribution >= 4 is 29.7 Å². The van der Waals surface area contributed by atoms with Crippen LogP contribution in [-0.4, -0.2) is 39.8 Å². The predicted octanol–water partition coefficient (Wildman–Crippen LogP) is 4.76. The van der Waals surface area contributed by atoms with E-state index in [9.17, 15) is 19.3 Å². The number of nitroso groups, excluding NO2 is 1. The molecule has 1 fully saturated rings. The second-order valence-electron chi connectivity index (χ2n) is 8.96. The maximum atomic E-state index is 13.8. The molecule has 1 heterocycles. The molecular weight excluding hydrogens is 518 g/mol. The normalized spacial score (nSPS) is 19.0. The molecule has 200 valence electrons. The highest BCUT2D eigenvalue weighted by atomic mass is 32.2. The molecule has 39 heavy (non-hydrogen) atoms. The number of ether oxygens (including phenoxy) is 2. The highest BCUT2D eigenvalue weighted by Gasteiger charge is 2.68. The number of carbonyl (C=O) groups is 3. The summed E-state index contributed by atoms with van der Waals surface area (Å²) in [6, 6.07) is 25.4. The fourth-order valence-electron chi connectivity index (χ4n) is 4.44. The van der Waals surface area contributed by atoms with Gasteiger partial charge in [-0.1, -0.05) is 85.4 Å². The maximum absolute atomic E-state index is 13.8. The molecule has 3 aromatic rings. The van der Waals surface area contributed by atoms with E-state index in [4.69, 9.17) is 9.47 Å². The van der Waals surface area contributed by atoms with Crippen LogP contribution in [0.5, 0.6) is 5.75 Å². The van der Waals surface area contributed by atoms with Crippen LogP contribution < -0.4 is 10.1 Å². The van der Waals surface area contributed by atoms with Crippen molar-refractivity contribution in [3.05, 3.63) is 119 Å². The lowest BCUT2D eigenvalue weighted by Gasteiger charge is -2.54. The van der Waals surface area contributed by atoms with Gasteiger partial charge in [0.05, 0.1) is 11.9 Å². The lowest BCUT2D eigenvalue weighted by atomic mass is 9.95. The topological polar surface area (TPSA) is 114 Å². The average Bonchev–Trinajstić information content (AvgIpc) is 2.94. The second-order valence-corrected chi connectivity index (χ2v) is 9.77. The number of para-hydroxylation sites is 1. The predicted molar refractivity (Wildman–Crippen MR) is 147 cm³/mol. The Morgan fingerprint density at radius 3 is 1.92 bits per heavy atom. The summed E-state index contributed by atoms with van der Waals surface area (Å²) in [4.78, 5) is 52.2. The molecule has 4 rings (SSSR count). The van der Waals surface area contributed by atoms with Crippen molar-refractivity contribution in [3.8, 4) is 5.75 Å². The smallest absolute Gasteiger partial charge is 0.334 e. The summed E-state index contributed by atoms with van der Waals surface area (Å²) in [5, 5.41) is 1.34. The Balaban J connectivity index is 1.69. The molecule has 0 radical (unpaired) electrons. The van der Waals surface area contributed by atoms with E-state index in [0.29, 0.717) is 17.5 Å². The van der Waals surface area contributed by atoms with Gasteiger partial charge in [0.25, 0.3) is 11.6 Å². The van der Waals surface area contributed by atoms with Crippen LogP contribution in [0.2, 0.25) is 0 Å². The van der Waals surface area contributed by atoms with Crippen molar-refractivity contribution in [1.82, 2.24) is 10.2 Å². The summed E-state index contributed by atoms with van der Waals surface area (Å²) < 4.78 is 14.9. The van der Waals surface area contributed by atoms with Crippen LogP contribution in [0.4, 0.5) is 0 Å². The minimum Gasteiger partial charge on any atom is -0.455 e. The molecule has 1 aliphatic heterocycles. The van der Waals surface area contributed by atoms with Crippen molar-refractivity contribution in [1.29, 1.82) is 0 Å². The largest absolute Gasteiger partial charge is 0.455 e. The molecule has 10 heteroatoms. The van der Waals surface area contributed by atoms with Gasteiger partial charge in [0, 0.05) is 11.5 Å². The summed E-state index contributed by atoms with van der Waals surface area (Å²) in [5.41, 5.74) is -0.223. The molecule has 9 nitrogen and oxygen atoms in total. The third-order valence-corrected chi connectivity index (χ3v) is 6.93. The van der Waals surface area contributed by atoms with E-state index >= 15 is 0 Å². The number of β-lactam (4-membered cyclic amide) rings is 1. The number of benzene rings is 3. The highest BCUT2D eigenvalue weighted by molar-refractivity contribution is 7.98. The molecule has 1 N–H and O–H groups in total. The number of nitrogens with zero attached hydrogens (tertiary/aromatic N) is 2. The number of rotatable bonds is 11.